The summed E-state index contributed by atoms with van der Waals surface area (Å²) in [6, 6.07) is 2.03. The van der Waals surface area contributed by atoms with Gasteiger partial charge in [0.2, 0.25) is 0 Å². The smallest absolute Gasteiger partial charge is 0.165 e. The second-order valence-electron chi connectivity index (χ2n) is 5.14. The maximum absolute atomic E-state index is 4.40. The fourth-order valence-electron chi connectivity index (χ4n) is 2.53. The number of thiophene rings is 1. The quantitative estimate of drug-likeness (QED) is 0.520. The Morgan fingerprint density at radius 2 is 1.79 bits per heavy atom. The van der Waals surface area contributed by atoms with Gasteiger partial charge in [-0.15, -0.1) is 11.3 Å². The molecule has 0 saturated carbocycles. The molecule has 0 bridgehead atoms. The molecule has 0 unspecified atom stereocenters. The minimum Gasteiger partial charge on any atom is -0.368 e. The molecular formula is C15H16N8S. The lowest BCUT2D eigenvalue weighted by Gasteiger charge is -2.08. The van der Waals surface area contributed by atoms with Crippen LogP contribution in [0.3, 0.4) is 0 Å². The molecule has 4 aromatic rings. The van der Waals surface area contributed by atoms with Crippen LogP contribution in [0.25, 0.3) is 21.4 Å². The van der Waals surface area contributed by atoms with Crippen LogP contribution in [0.4, 0.5) is 11.6 Å². The molecule has 0 aliphatic heterocycles. The molecule has 4 heterocycles. The first-order chi connectivity index (χ1) is 11.9. The zero-order valence-corrected chi connectivity index (χ0v) is 13.9. The van der Waals surface area contributed by atoms with E-state index < -0.39 is 0 Å². The number of hydrogen-bond acceptors (Lipinski definition) is 8. The monoisotopic (exact) mass is 340 g/mol. The average molecular weight is 340 g/mol. The van der Waals surface area contributed by atoms with E-state index in [0.29, 0.717) is 13.1 Å². The van der Waals surface area contributed by atoms with Gasteiger partial charge < -0.3 is 15.2 Å². The van der Waals surface area contributed by atoms with Crippen LogP contribution in [0, 0.1) is 0 Å². The number of rotatable bonds is 6. The van der Waals surface area contributed by atoms with Gasteiger partial charge >= 0.3 is 0 Å². The van der Waals surface area contributed by atoms with Gasteiger partial charge in [0.15, 0.2) is 11.5 Å². The van der Waals surface area contributed by atoms with Gasteiger partial charge in [0.25, 0.3) is 0 Å². The van der Waals surface area contributed by atoms with Crippen molar-refractivity contribution in [3.8, 4) is 0 Å². The Bertz CT molecular complexity index is 976. The molecule has 0 aliphatic rings. The van der Waals surface area contributed by atoms with Crippen LogP contribution in [0.1, 0.15) is 6.92 Å². The maximum atomic E-state index is 4.40. The van der Waals surface area contributed by atoms with E-state index in [2.05, 4.69) is 42.5 Å². The zero-order valence-electron chi connectivity index (χ0n) is 13.1. The Hall–Kier alpha value is -2.81. The van der Waals surface area contributed by atoms with Crippen molar-refractivity contribution < 1.29 is 0 Å². The lowest BCUT2D eigenvalue weighted by atomic mass is 10.4. The fourth-order valence-corrected chi connectivity index (χ4v) is 3.27. The highest BCUT2D eigenvalue weighted by Crippen LogP contribution is 2.23. The normalized spacial score (nSPS) is 11.2. The van der Waals surface area contributed by atoms with Crippen LogP contribution >= 0.6 is 11.3 Å². The third kappa shape index (κ3) is 2.62. The molecule has 0 fully saturated rings. The molecule has 0 aromatic carbocycles. The molecule has 0 radical (unpaired) electrons. The number of aromatic nitrogens is 6. The zero-order chi connectivity index (χ0) is 16.4. The number of imidazole rings is 1. The third-order valence-electron chi connectivity index (χ3n) is 3.71. The summed E-state index contributed by atoms with van der Waals surface area (Å²) in [5.74, 6) is 1.60. The van der Waals surface area contributed by atoms with Gasteiger partial charge in [-0.2, -0.15) is 0 Å². The lowest BCUT2D eigenvalue weighted by Crippen LogP contribution is -2.15. The van der Waals surface area contributed by atoms with Crippen LogP contribution in [0.15, 0.2) is 30.4 Å². The van der Waals surface area contributed by atoms with Crippen molar-refractivity contribution >= 4 is 44.4 Å². The van der Waals surface area contributed by atoms with Crippen molar-refractivity contribution in [2.75, 3.05) is 23.7 Å². The summed E-state index contributed by atoms with van der Waals surface area (Å²) in [4.78, 5) is 22.5. The van der Waals surface area contributed by atoms with Crippen molar-refractivity contribution in [3.05, 3.63) is 30.4 Å². The molecule has 2 N–H and O–H groups in total. The first-order valence-electron chi connectivity index (χ1n) is 7.68. The minimum absolute atomic E-state index is 0.695. The van der Waals surface area contributed by atoms with E-state index >= 15 is 0 Å². The van der Waals surface area contributed by atoms with E-state index in [0.717, 1.165) is 39.6 Å². The standard InChI is InChI=1S/C15H16N8S/c1-2-23-9-22-11-13(19-7-20-14(11)23)17-5-4-16-12-10-3-6-24-15(10)21-8-18-12/h3,6-9H,2,4-5H2,1H3,(H,16,18,21)(H,17,19,20). The summed E-state index contributed by atoms with van der Waals surface area (Å²) in [5, 5.41) is 9.71. The van der Waals surface area contributed by atoms with Gasteiger partial charge in [0.05, 0.1) is 11.7 Å². The number of hydrogen-bond donors (Lipinski definition) is 2. The summed E-state index contributed by atoms with van der Waals surface area (Å²) < 4.78 is 1.99. The first-order valence-corrected chi connectivity index (χ1v) is 8.56. The molecule has 0 atom stereocenters. The van der Waals surface area contributed by atoms with Crippen molar-refractivity contribution in [2.45, 2.75) is 13.5 Å². The number of aryl methyl sites for hydroxylation is 1. The Morgan fingerprint density at radius 1 is 1.00 bits per heavy atom. The number of nitrogens with one attached hydrogen (secondary N) is 2. The fraction of sp³-hybridized carbons (Fsp3) is 0.267. The van der Waals surface area contributed by atoms with Crippen LogP contribution in [-0.2, 0) is 6.54 Å². The molecular weight excluding hydrogens is 324 g/mol. The Balaban J connectivity index is 1.43. The molecule has 122 valence electrons. The van der Waals surface area contributed by atoms with Gasteiger partial charge in [-0.05, 0) is 18.4 Å². The summed E-state index contributed by atoms with van der Waals surface area (Å²) in [6.07, 6.45) is 4.93. The predicted octanol–water partition coefficient (Wildman–Crippen LogP) is 2.37. The average Bonchev–Trinajstić information content (AvgIpc) is 3.25. The predicted molar refractivity (Wildman–Crippen MR) is 95.4 cm³/mol. The van der Waals surface area contributed by atoms with Crippen LogP contribution in [0.5, 0.6) is 0 Å². The highest BCUT2D eigenvalue weighted by Gasteiger charge is 2.09. The van der Waals surface area contributed by atoms with E-state index in [4.69, 9.17) is 0 Å². The van der Waals surface area contributed by atoms with E-state index in [1.807, 2.05) is 16.0 Å². The molecule has 24 heavy (non-hydrogen) atoms. The van der Waals surface area contributed by atoms with E-state index in [9.17, 15) is 0 Å². The number of nitrogens with zero attached hydrogens (tertiary/aromatic N) is 6. The topological polar surface area (TPSA) is 93.4 Å². The van der Waals surface area contributed by atoms with Crippen molar-refractivity contribution in [1.82, 2.24) is 29.5 Å². The van der Waals surface area contributed by atoms with E-state index in [1.165, 1.54) is 0 Å². The second kappa shape index (κ2) is 6.36. The highest BCUT2D eigenvalue weighted by atomic mass is 32.1. The van der Waals surface area contributed by atoms with Crippen molar-refractivity contribution in [1.29, 1.82) is 0 Å². The van der Waals surface area contributed by atoms with E-state index in [-0.39, 0.29) is 0 Å². The Morgan fingerprint density at radius 3 is 2.67 bits per heavy atom. The summed E-state index contributed by atoms with van der Waals surface area (Å²) in [5.41, 5.74) is 1.64. The van der Waals surface area contributed by atoms with E-state index in [1.54, 1.807) is 30.3 Å². The molecule has 4 rings (SSSR count). The van der Waals surface area contributed by atoms with Crippen molar-refractivity contribution in [2.24, 2.45) is 0 Å². The Labute approximate surface area is 142 Å². The molecule has 0 amide bonds. The second-order valence-corrected chi connectivity index (χ2v) is 6.03. The van der Waals surface area contributed by atoms with Gasteiger partial charge in [-0.1, -0.05) is 0 Å². The summed E-state index contributed by atoms with van der Waals surface area (Å²) in [7, 11) is 0. The van der Waals surface area contributed by atoms with Crippen LogP contribution in [-0.4, -0.2) is 42.6 Å². The van der Waals surface area contributed by atoms with Crippen LogP contribution < -0.4 is 10.6 Å². The largest absolute Gasteiger partial charge is 0.368 e. The van der Waals surface area contributed by atoms with Gasteiger partial charge in [-0.25, -0.2) is 24.9 Å². The van der Waals surface area contributed by atoms with Crippen LogP contribution in [0.2, 0.25) is 0 Å². The molecule has 0 saturated heterocycles. The molecule has 8 nitrogen and oxygen atoms in total. The third-order valence-corrected chi connectivity index (χ3v) is 4.53. The number of fused-ring (bicyclic) bond motifs is 2. The summed E-state index contributed by atoms with van der Waals surface area (Å²) in [6.45, 7) is 4.30. The van der Waals surface area contributed by atoms with Gasteiger partial charge in [-0.3, -0.25) is 0 Å². The van der Waals surface area contributed by atoms with Crippen molar-refractivity contribution in [3.63, 3.8) is 0 Å². The highest BCUT2D eigenvalue weighted by molar-refractivity contribution is 7.16. The molecule has 9 heteroatoms. The first kappa shape index (κ1) is 14.8. The van der Waals surface area contributed by atoms with Gasteiger partial charge in [0.1, 0.15) is 28.8 Å². The molecule has 0 spiro atoms. The minimum atomic E-state index is 0.695. The lowest BCUT2D eigenvalue weighted by molar-refractivity contribution is 0.777. The van der Waals surface area contributed by atoms with Gasteiger partial charge in [0, 0.05) is 19.6 Å². The Kier molecular flexibility index (Phi) is 3.91. The number of anilines is 2. The SMILES string of the molecule is CCn1cnc2c(NCCNc3ncnc4sccc34)ncnc21. The summed E-state index contributed by atoms with van der Waals surface area (Å²) >= 11 is 1.61. The molecule has 0 aliphatic carbocycles. The molecule has 4 aromatic heterocycles. The maximum Gasteiger partial charge on any atom is 0.165 e.